The van der Waals surface area contributed by atoms with Gasteiger partial charge in [-0.3, -0.25) is 0 Å². The molecule has 1 aromatic carbocycles. The van der Waals surface area contributed by atoms with Crippen LogP contribution in [0.15, 0.2) is 22.7 Å². The van der Waals surface area contributed by atoms with Gasteiger partial charge >= 0.3 is 0 Å². The van der Waals surface area contributed by atoms with Crippen molar-refractivity contribution in [3.8, 4) is 0 Å². The normalized spacial score (nSPS) is 11.0. The third-order valence-corrected chi connectivity index (χ3v) is 3.39. The first-order valence-corrected chi connectivity index (χ1v) is 7.20. The number of aliphatic hydroxyl groups is 1. The first kappa shape index (κ1) is 15.5. The van der Waals surface area contributed by atoms with Crippen molar-refractivity contribution < 1.29 is 5.11 Å². The van der Waals surface area contributed by atoms with Gasteiger partial charge < -0.3 is 15.3 Å². The topological polar surface area (TPSA) is 35.5 Å². The van der Waals surface area contributed by atoms with Gasteiger partial charge in [-0.25, -0.2) is 0 Å². The number of aliphatic hydroxyl groups excluding tert-OH is 1. The van der Waals surface area contributed by atoms with E-state index in [0.717, 1.165) is 24.0 Å². The molecule has 1 aromatic rings. The van der Waals surface area contributed by atoms with Crippen LogP contribution in [0, 0.1) is 0 Å². The first-order valence-electron chi connectivity index (χ1n) is 6.40. The van der Waals surface area contributed by atoms with Crippen LogP contribution in [0.4, 0.5) is 5.69 Å². The van der Waals surface area contributed by atoms with E-state index in [9.17, 15) is 0 Å². The van der Waals surface area contributed by atoms with Crippen LogP contribution in [-0.2, 0) is 6.54 Å². The van der Waals surface area contributed by atoms with E-state index in [4.69, 9.17) is 5.11 Å². The first-order chi connectivity index (χ1) is 8.60. The van der Waals surface area contributed by atoms with Crippen molar-refractivity contribution in [2.75, 3.05) is 25.1 Å². The molecule has 0 aromatic heterocycles. The molecular formula is C14H23BrN2O. The smallest absolute Gasteiger partial charge is 0.0447 e. The zero-order valence-electron chi connectivity index (χ0n) is 11.4. The van der Waals surface area contributed by atoms with Gasteiger partial charge in [0.25, 0.3) is 0 Å². The minimum Gasteiger partial charge on any atom is -0.396 e. The maximum atomic E-state index is 9.01. The minimum absolute atomic E-state index is 0.237. The lowest BCUT2D eigenvalue weighted by Crippen LogP contribution is -2.33. The summed E-state index contributed by atoms with van der Waals surface area (Å²) in [5.41, 5.74) is 2.52. The molecule has 0 saturated carbocycles. The number of anilines is 1. The fourth-order valence-electron chi connectivity index (χ4n) is 2.06. The molecule has 4 heteroatoms. The van der Waals surface area contributed by atoms with Crippen LogP contribution in [0.5, 0.6) is 0 Å². The second kappa shape index (κ2) is 7.77. The number of hydrogen-bond donors (Lipinski definition) is 2. The van der Waals surface area contributed by atoms with E-state index >= 15 is 0 Å². The summed E-state index contributed by atoms with van der Waals surface area (Å²) in [6.07, 6.45) is 0.799. The molecule has 0 unspecified atom stereocenters. The average Bonchev–Trinajstić information content (AvgIpc) is 2.32. The quantitative estimate of drug-likeness (QED) is 0.812. The van der Waals surface area contributed by atoms with Crippen LogP contribution in [0.25, 0.3) is 0 Å². The fraction of sp³-hybridized carbons (Fsp3) is 0.571. The van der Waals surface area contributed by atoms with Crippen LogP contribution in [-0.4, -0.2) is 31.3 Å². The molecule has 0 bridgehead atoms. The maximum Gasteiger partial charge on any atom is 0.0447 e. The number of hydrogen-bond acceptors (Lipinski definition) is 3. The summed E-state index contributed by atoms with van der Waals surface area (Å²) in [4.78, 5) is 2.34. The summed E-state index contributed by atoms with van der Waals surface area (Å²) in [5, 5.41) is 12.2. The van der Waals surface area contributed by atoms with Gasteiger partial charge in [0, 0.05) is 35.9 Å². The Morgan fingerprint density at radius 2 is 2.11 bits per heavy atom. The Labute approximate surface area is 118 Å². The third-order valence-electron chi connectivity index (χ3n) is 2.90. The summed E-state index contributed by atoms with van der Waals surface area (Å²) < 4.78 is 1.10. The van der Waals surface area contributed by atoms with Crippen molar-refractivity contribution in [3.63, 3.8) is 0 Å². The van der Waals surface area contributed by atoms with Crippen molar-refractivity contribution in [3.05, 3.63) is 28.2 Å². The molecule has 18 heavy (non-hydrogen) atoms. The molecule has 0 radical (unpaired) electrons. The monoisotopic (exact) mass is 314 g/mol. The van der Waals surface area contributed by atoms with E-state index in [1.54, 1.807) is 0 Å². The van der Waals surface area contributed by atoms with Crippen LogP contribution < -0.4 is 10.2 Å². The molecule has 0 fully saturated rings. The highest BCUT2D eigenvalue weighted by Gasteiger charge is 2.14. The predicted octanol–water partition coefficient (Wildman–Crippen LogP) is 2.77. The summed E-state index contributed by atoms with van der Waals surface area (Å²) in [7, 11) is 1.96. The molecule has 3 nitrogen and oxygen atoms in total. The lowest BCUT2D eigenvalue weighted by atomic mass is 10.1. The Bertz CT molecular complexity index is 369. The molecule has 1 rings (SSSR count). The van der Waals surface area contributed by atoms with Gasteiger partial charge in [-0.2, -0.15) is 0 Å². The Morgan fingerprint density at radius 3 is 2.67 bits per heavy atom. The molecule has 0 atom stereocenters. The Hall–Kier alpha value is -0.580. The second-order valence-corrected chi connectivity index (χ2v) is 5.58. The van der Waals surface area contributed by atoms with Crippen LogP contribution in [0.3, 0.4) is 0 Å². The van der Waals surface area contributed by atoms with Gasteiger partial charge in [0.2, 0.25) is 0 Å². The molecule has 0 saturated heterocycles. The molecule has 0 spiro atoms. The molecule has 0 aliphatic rings. The van der Waals surface area contributed by atoms with E-state index in [2.05, 4.69) is 58.2 Å². The zero-order valence-corrected chi connectivity index (χ0v) is 13.0. The van der Waals surface area contributed by atoms with Gasteiger partial charge in [-0.05, 0) is 51.1 Å². The van der Waals surface area contributed by atoms with E-state index in [-0.39, 0.29) is 6.61 Å². The molecule has 0 amide bonds. The second-order valence-electron chi connectivity index (χ2n) is 4.67. The Morgan fingerprint density at radius 1 is 1.39 bits per heavy atom. The lowest BCUT2D eigenvalue weighted by Gasteiger charge is -2.31. The lowest BCUT2D eigenvalue weighted by molar-refractivity contribution is 0.288. The number of halogens is 1. The molecule has 0 aliphatic heterocycles. The molecule has 102 valence electrons. The van der Waals surface area contributed by atoms with Crippen molar-refractivity contribution in [1.82, 2.24) is 5.32 Å². The van der Waals surface area contributed by atoms with E-state index in [1.807, 2.05) is 7.05 Å². The van der Waals surface area contributed by atoms with Gasteiger partial charge in [0.1, 0.15) is 0 Å². The standard InChI is InChI=1S/C14H23BrN2O/c1-11(2)17(7-4-8-18)14-6-5-13(15)9-12(14)10-16-3/h5-6,9,11,16,18H,4,7-8,10H2,1-3H3. The van der Waals surface area contributed by atoms with E-state index in [1.165, 1.54) is 11.3 Å². The summed E-state index contributed by atoms with van der Waals surface area (Å²) in [6.45, 7) is 6.33. The van der Waals surface area contributed by atoms with Crippen molar-refractivity contribution >= 4 is 21.6 Å². The summed E-state index contributed by atoms with van der Waals surface area (Å²) in [6, 6.07) is 6.80. The molecule has 0 heterocycles. The van der Waals surface area contributed by atoms with Crippen molar-refractivity contribution in [2.24, 2.45) is 0 Å². The molecule has 2 N–H and O–H groups in total. The van der Waals surface area contributed by atoms with Gasteiger partial charge in [-0.1, -0.05) is 15.9 Å². The Balaban J connectivity index is 3.01. The number of nitrogens with zero attached hydrogens (tertiary/aromatic N) is 1. The summed E-state index contributed by atoms with van der Waals surface area (Å²) in [5.74, 6) is 0. The largest absolute Gasteiger partial charge is 0.396 e. The number of benzene rings is 1. The molecule has 0 aliphatic carbocycles. The number of rotatable bonds is 7. The Kier molecular flexibility index (Phi) is 6.68. The van der Waals surface area contributed by atoms with E-state index < -0.39 is 0 Å². The predicted molar refractivity (Wildman–Crippen MR) is 81.1 cm³/mol. The third kappa shape index (κ3) is 4.26. The highest BCUT2D eigenvalue weighted by atomic mass is 79.9. The highest BCUT2D eigenvalue weighted by molar-refractivity contribution is 9.10. The van der Waals surface area contributed by atoms with Gasteiger partial charge in [0.05, 0.1) is 0 Å². The van der Waals surface area contributed by atoms with Crippen molar-refractivity contribution in [2.45, 2.75) is 32.9 Å². The SMILES string of the molecule is CNCc1cc(Br)ccc1N(CCCO)C(C)C. The van der Waals surface area contributed by atoms with Crippen LogP contribution in [0.2, 0.25) is 0 Å². The highest BCUT2D eigenvalue weighted by Crippen LogP contribution is 2.26. The fourth-order valence-corrected chi connectivity index (χ4v) is 2.47. The molecular weight excluding hydrogens is 292 g/mol. The minimum atomic E-state index is 0.237. The zero-order chi connectivity index (χ0) is 13.5. The van der Waals surface area contributed by atoms with Gasteiger partial charge in [0.15, 0.2) is 0 Å². The number of nitrogens with one attached hydrogen (secondary N) is 1. The van der Waals surface area contributed by atoms with Crippen molar-refractivity contribution in [1.29, 1.82) is 0 Å². The van der Waals surface area contributed by atoms with Gasteiger partial charge in [-0.15, -0.1) is 0 Å². The van der Waals surface area contributed by atoms with Crippen LogP contribution in [0.1, 0.15) is 25.8 Å². The maximum absolute atomic E-state index is 9.01. The average molecular weight is 315 g/mol. The van der Waals surface area contributed by atoms with E-state index in [0.29, 0.717) is 6.04 Å². The summed E-state index contributed by atoms with van der Waals surface area (Å²) >= 11 is 3.52. The van der Waals surface area contributed by atoms with Crippen LogP contribution >= 0.6 is 15.9 Å².